The molecule has 0 N–H and O–H groups in total. The van der Waals surface area contributed by atoms with E-state index in [-0.39, 0.29) is 0 Å². The van der Waals surface area contributed by atoms with E-state index in [9.17, 15) is 0 Å². The lowest BCUT2D eigenvalue weighted by molar-refractivity contribution is 0.865. The molecule has 1 aromatic carbocycles. The first-order valence-corrected chi connectivity index (χ1v) is 6.51. The number of aryl methyl sites for hydroxylation is 1. The quantitative estimate of drug-likeness (QED) is 0.774. The van der Waals surface area contributed by atoms with Crippen molar-refractivity contribution in [3.05, 3.63) is 53.6 Å². The molecule has 0 aliphatic heterocycles. The van der Waals surface area contributed by atoms with Gasteiger partial charge in [-0.15, -0.1) is 0 Å². The van der Waals surface area contributed by atoms with Crippen LogP contribution in [0.5, 0.6) is 0 Å². The zero-order chi connectivity index (χ0) is 13.8. The van der Waals surface area contributed by atoms with Crippen LogP contribution in [-0.4, -0.2) is 15.7 Å². The van der Waals surface area contributed by atoms with Crippen molar-refractivity contribution in [1.29, 1.82) is 0 Å². The summed E-state index contributed by atoms with van der Waals surface area (Å²) in [4.78, 5) is 13.2. The number of rotatable bonds is 3. The average Bonchev–Trinajstić information content (AvgIpc) is 2.41. The van der Waals surface area contributed by atoms with Crippen LogP contribution in [-0.2, 0) is 0 Å². The molecule has 2 aromatic rings. The van der Waals surface area contributed by atoms with Gasteiger partial charge in [0, 0.05) is 12.4 Å². The molecule has 2 rings (SSSR count). The highest BCUT2D eigenvalue weighted by Crippen LogP contribution is 2.30. The third-order valence-corrected chi connectivity index (χ3v) is 3.06. The van der Waals surface area contributed by atoms with Gasteiger partial charge in [0.1, 0.15) is 0 Å². The third-order valence-electron chi connectivity index (χ3n) is 3.06. The van der Waals surface area contributed by atoms with Gasteiger partial charge in [0.05, 0.1) is 11.4 Å². The van der Waals surface area contributed by atoms with Crippen molar-refractivity contribution < 1.29 is 0 Å². The SMILES string of the molecule is CC(=Nc1c(C)cccc1C(C)C)c1ncccn1. The molecule has 0 bridgehead atoms. The number of nitrogens with zero attached hydrogens (tertiary/aromatic N) is 3. The van der Waals surface area contributed by atoms with Gasteiger partial charge < -0.3 is 0 Å². The number of aliphatic imine (C=N–C) groups is 1. The summed E-state index contributed by atoms with van der Waals surface area (Å²) in [5.41, 5.74) is 4.33. The van der Waals surface area contributed by atoms with E-state index in [0.717, 1.165) is 11.4 Å². The molecule has 0 radical (unpaired) electrons. The number of hydrogen-bond donors (Lipinski definition) is 0. The molecule has 19 heavy (non-hydrogen) atoms. The van der Waals surface area contributed by atoms with Gasteiger partial charge in [-0.05, 0) is 37.0 Å². The largest absolute Gasteiger partial charge is 0.249 e. The van der Waals surface area contributed by atoms with E-state index in [0.29, 0.717) is 11.7 Å². The lowest BCUT2D eigenvalue weighted by Crippen LogP contribution is -2.02. The van der Waals surface area contributed by atoms with Gasteiger partial charge in [-0.25, -0.2) is 15.0 Å². The minimum absolute atomic E-state index is 0.447. The van der Waals surface area contributed by atoms with E-state index in [2.05, 4.69) is 48.9 Å². The topological polar surface area (TPSA) is 38.1 Å². The first kappa shape index (κ1) is 13.4. The maximum atomic E-state index is 4.74. The fourth-order valence-electron chi connectivity index (χ4n) is 2.00. The molecule has 1 aromatic heterocycles. The number of aromatic nitrogens is 2. The van der Waals surface area contributed by atoms with Crippen LogP contribution in [0.15, 0.2) is 41.7 Å². The molecule has 0 atom stereocenters. The Kier molecular flexibility index (Phi) is 4.05. The molecule has 1 heterocycles. The Hall–Kier alpha value is -2.03. The summed E-state index contributed by atoms with van der Waals surface area (Å²) < 4.78 is 0. The van der Waals surface area contributed by atoms with Crippen LogP contribution >= 0.6 is 0 Å². The molecule has 98 valence electrons. The molecule has 0 spiro atoms. The zero-order valence-corrected chi connectivity index (χ0v) is 11.9. The van der Waals surface area contributed by atoms with Crippen molar-refractivity contribution in [3.8, 4) is 0 Å². The smallest absolute Gasteiger partial charge is 0.173 e. The third kappa shape index (κ3) is 3.05. The second-order valence-electron chi connectivity index (χ2n) is 4.94. The Labute approximate surface area is 114 Å². The molecule has 0 saturated heterocycles. The number of benzene rings is 1. The molecule has 0 saturated carbocycles. The fourth-order valence-corrected chi connectivity index (χ4v) is 2.00. The van der Waals surface area contributed by atoms with Crippen LogP contribution in [0.3, 0.4) is 0 Å². The van der Waals surface area contributed by atoms with Crippen LogP contribution in [0.1, 0.15) is 43.6 Å². The average molecular weight is 253 g/mol. The molecule has 0 amide bonds. The highest BCUT2D eigenvalue weighted by Gasteiger charge is 2.09. The van der Waals surface area contributed by atoms with Crippen molar-refractivity contribution in [2.24, 2.45) is 4.99 Å². The van der Waals surface area contributed by atoms with Crippen LogP contribution < -0.4 is 0 Å². The first-order chi connectivity index (χ1) is 9.09. The molecule has 0 aliphatic rings. The Bertz CT molecular complexity index is 586. The molecule has 0 aliphatic carbocycles. The summed E-state index contributed by atoms with van der Waals surface area (Å²) in [6.07, 6.45) is 3.48. The summed E-state index contributed by atoms with van der Waals surface area (Å²) in [5.74, 6) is 1.13. The first-order valence-electron chi connectivity index (χ1n) is 6.51. The van der Waals surface area contributed by atoms with Crippen molar-refractivity contribution in [3.63, 3.8) is 0 Å². The van der Waals surface area contributed by atoms with Gasteiger partial charge >= 0.3 is 0 Å². The van der Waals surface area contributed by atoms with E-state index in [1.807, 2.05) is 13.0 Å². The standard InChI is InChI=1S/C16H19N3/c1-11(2)14-8-5-7-12(3)15(14)19-13(4)16-17-9-6-10-18-16/h5-11H,1-4H3. The predicted molar refractivity (Wildman–Crippen MR) is 79.2 cm³/mol. The van der Waals surface area contributed by atoms with E-state index in [1.54, 1.807) is 12.4 Å². The van der Waals surface area contributed by atoms with Gasteiger partial charge in [-0.3, -0.25) is 0 Å². The molecule has 0 fully saturated rings. The van der Waals surface area contributed by atoms with Gasteiger partial charge in [0.2, 0.25) is 0 Å². The van der Waals surface area contributed by atoms with Gasteiger partial charge in [-0.1, -0.05) is 32.0 Å². The second-order valence-corrected chi connectivity index (χ2v) is 4.94. The van der Waals surface area contributed by atoms with Crippen LogP contribution in [0, 0.1) is 6.92 Å². The van der Waals surface area contributed by atoms with E-state index < -0.39 is 0 Å². The summed E-state index contributed by atoms with van der Waals surface area (Å²) in [7, 11) is 0. The molecular formula is C16H19N3. The maximum absolute atomic E-state index is 4.74. The molecule has 3 nitrogen and oxygen atoms in total. The minimum atomic E-state index is 0.447. The van der Waals surface area contributed by atoms with Gasteiger partial charge in [-0.2, -0.15) is 0 Å². The normalized spacial score (nSPS) is 11.9. The predicted octanol–water partition coefficient (Wildman–Crippen LogP) is 4.05. The second kappa shape index (κ2) is 5.74. The van der Waals surface area contributed by atoms with Crippen LogP contribution in [0.2, 0.25) is 0 Å². The van der Waals surface area contributed by atoms with Crippen molar-refractivity contribution in [1.82, 2.24) is 9.97 Å². The Balaban J connectivity index is 2.48. The summed E-state index contributed by atoms with van der Waals surface area (Å²) >= 11 is 0. The molecule has 0 unspecified atom stereocenters. The van der Waals surface area contributed by atoms with Crippen molar-refractivity contribution in [2.45, 2.75) is 33.6 Å². The molecule has 3 heteroatoms. The molecular weight excluding hydrogens is 234 g/mol. The summed E-state index contributed by atoms with van der Waals surface area (Å²) in [6, 6.07) is 8.11. The van der Waals surface area contributed by atoms with E-state index >= 15 is 0 Å². The Morgan fingerprint density at radius 2 is 1.79 bits per heavy atom. The lowest BCUT2D eigenvalue weighted by atomic mass is 9.98. The highest BCUT2D eigenvalue weighted by molar-refractivity contribution is 5.97. The van der Waals surface area contributed by atoms with E-state index in [4.69, 9.17) is 4.99 Å². The highest BCUT2D eigenvalue weighted by atomic mass is 14.9. The lowest BCUT2D eigenvalue weighted by Gasteiger charge is -2.12. The fraction of sp³-hybridized carbons (Fsp3) is 0.312. The van der Waals surface area contributed by atoms with E-state index in [1.165, 1.54) is 11.1 Å². The maximum Gasteiger partial charge on any atom is 0.173 e. The monoisotopic (exact) mass is 253 g/mol. The van der Waals surface area contributed by atoms with Crippen LogP contribution in [0.25, 0.3) is 0 Å². The number of para-hydroxylation sites is 1. The van der Waals surface area contributed by atoms with Gasteiger partial charge in [0.15, 0.2) is 5.82 Å². The Morgan fingerprint density at radius 1 is 1.11 bits per heavy atom. The number of hydrogen-bond acceptors (Lipinski definition) is 3. The minimum Gasteiger partial charge on any atom is -0.249 e. The van der Waals surface area contributed by atoms with Crippen molar-refractivity contribution in [2.75, 3.05) is 0 Å². The Morgan fingerprint density at radius 3 is 2.42 bits per heavy atom. The van der Waals surface area contributed by atoms with Crippen LogP contribution in [0.4, 0.5) is 5.69 Å². The van der Waals surface area contributed by atoms with Gasteiger partial charge in [0.25, 0.3) is 0 Å². The summed E-state index contributed by atoms with van der Waals surface area (Å²) in [5, 5.41) is 0. The van der Waals surface area contributed by atoms with Crippen molar-refractivity contribution >= 4 is 11.4 Å². The summed E-state index contributed by atoms with van der Waals surface area (Å²) in [6.45, 7) is 8.40. The zero-order valence-electron chi connectivity index (χ0n) is 11.9.